The van der Waals surface area contributed by atoms with Gasteiger partial charge in [-0.25, -0.2) is 9.97 Å². The molecule has 0 fully saturated rings. The molecule has 0 spiro atoms. The van der Waals surface area contributed by atoms with Gasteiger partial charge in [-0.1, -0.05) is 17.7 Å². The summed E-state index contributed by atoms with van der Waals surface area (Å²) in [4.78, 5) is 8.37. The van der Waals surface area contributed by atoms with Crippen molar-refractivity contribution in [3.05, 3.63) is 35.1 Å². The van der Waals surface area contributed by atoms with Crippen LogP contribution in [-0.2, 0) is 0 Å². The monoisotopic (exact) mass is 305 g/mol. The van der Waals surface area contributed by atoms with Crippen LogP contribution in [0.1, 0.15) is 26.3 Å². The van der Waals surface area contributed by atoms with E-state index < -0.39 is 0 Å². The van der Waals surface area contributed by atoms with Gasteiger partial charge < -0.3 is 16.4 Å². The van der Waals surface area contributed by atoms with E-state index in [-0.39, 0.29) is 5.54 Å². The molecule has 0 aliphatic carbocycles. The number of halogens is 1. The van der Waals surface area contributed by atoms with Gasteiger partial charge in [0.25, 0.3) is 0 Å². The zero-order chi connectivity index (χ0) is 15.6. The summed E-state index contributed by atoms with van der Waals surface area (Å²) in [5.41, 5.74) is 8.32. The van der Waals surface area contributed by atoms with Crippen molar-refractivity contribution < 1.29 is 0 Å². The number of nitrogens with zero attached hydrogens (tertiary/aromatic N) is 2. The number of hydrogen-bond acceptors (Lipinski definition) is 5. The van der Waals surface area contributed by atoms with Crippen molar-refractivity contribution in [2.24, 2.45) is 0 Å². The number of hydrogen-bond donors (Lipinski definition) is 3. The summed E-state index contributed by atoms with van der Waals surface area (Å²) in [7, 11) is 0. The minimum absolute atomic E-state index is 0.132. The minimum Gasteiger partial charge on any atom is -0.393 e. The third-order valence-electron chi connectivity index (χ3n) is 2.81. The molecule has 112 valence electrons. The molecule has 0 aliphatic heterocycles. The van der Waals surface area contributed by atoms with E-state index in [0.717, 1.165) is 11.3 Å². The van der Waals surface area contributed by atoms with Crippen molar-refractivity contribution in [2.45, 2.75) is 33.2 Å². The third-order valence-corrected chi connectivity index (χ3v) is 3.22. The predicted octanol–water partition coefficient (Wildman–Crippen LogP) is 3.97. The Morgan fingerprint density at radius 2 is 1.81 bits per heavy atom. The molecule has 21 heavy (non-hydrogen) atoms. The average molecular weight is 306 g/mol. The van der Waals surface area contributed by atoms with Crippen molar-refractivity contribution in [3.8, 4) is 0 Å². The molecule has 0 amide bonds. The topological polar surface area (TPSA) is 75.9 Å². The number of rotatable bonds is 3. The SMILES string of the molecule is Cc1ccc(Nc2ncnc(NC(C)(C)C)c2N)cc1Cl. The summed E-state index contributed by atoms with van der Waals surface area (Å²) in [6.45, 7) is 8.08. The van der Waals surface area contributed by atoms with Crippen LogP contribution in [0.15, 0.2) is 24.5 Å². The lowest BCUT2D eigenvalue weighted by Gasteiger charge is -2.22. The molecule has 0 saturated carbocycles. The zero-order valence-electron chi connectivity index (χ0n) is 12.7. The van der Waals surface area contributed by atoms with Crippen molar-refractivity contribution in [1.29, 1.82) is 0 Å². The van der Waals surface area contributed by atoms with Gasteiger partial charge in [-0.2, -0.15) is 0 Å². The number of aromatic nitrogens is 2. The highest BCUT2D eigenvalue weighted by atomic mass is 35.5. The summed E-state index contributed by atoms with van der Waals surface area (Å²) in [6, 6.07) is 5.71. The first-order valence-electron chi connectivity index (χ1n) is 6.68. The van der Waals surface area contributed by atoms with Crippen molar-refractivity contribution >= 4 is 34.6 Å². The van der Waals surface area contributed by atoms with Crippen LogP contribution in [0, 0.1) is 6.92 Å². The smallest absolute Gasteiger partial charge is 0.159 e. The van der Waals surface area contributed by atoms with Crippen LogP contribution in [0.5, 0.6) is 0 Å². The van der Waals surface area contributed by atoms with E-state index in [4.69, 9.17) is 17.3 Å². The molecular formula is C15H20ClN5. The van der Waals surface area contributed by atoms with Crippen LogP contribution in [0.25, 0.3) is 0 Å². The van der Waals surface area contributed by atoms with Gasteiger partial charge in [-0.05, 0) is 45.4 Å². The highest BCUT2D eigenvalue weighted by molar-refractivity contribution is 6.31. The molecule has 6 heteroatoms. The Balaban J connectivity index is 2.28. The molecule has 0 bridgehead atoms. The zero-order valence-corrected chi connectivity index (χ0v) is 13.4. The summed E-state index contributed by atoms with van der Waals surface area (Å²) in [5, 5.41) is 7.11. The van der Waals surface area contributed by atoms with Crippen LogP contribution >= 0.6 is 11.6 Å². The first-order chi connectivity index (χ1) is 9.76. The van der Waals surface area contributed by atoms with Crippen LogP contribution in [0.2, 0.25) is 5.02 Å². The largest absolute Gasteiger partial charge is 0.393 e. The second kappa shape index (κ2) is 5.77. The molecule has 0 atom stereocenters. The summed E-state index contributed by atoms with van der Waals surface area (Å²) in [6.07, 6.45) is 1.47. The second-order valence-corrected chi connectivity index (χ2v) is 6.36. The number of nitrogen functional groups attached to an aromatic ring is 1. The predicted molar refractivity (Wildman–Crippen MR) is 89.3 cm³/mol. The van der Waals surface area contributed by atoms with Gasteiger partial charge >= 0.3 is 0 Å². The molecule has 1 heterocycles. The number of nitrogens with one attached hydrogen (secondary N) is 2. The van der Waals surface area contributed by atoms with Crippen LogP contribution < -0.4 is 16.4 Å². The van der Waals surface area contributed by atoms with Crippen LogP contribution in [0.4, 0.5) is 23.0 Å². The van der Waals surface area contributed by atoms with Crippen molar-refractivity contribution in [2.75, 3.05) is 16.4 Å². The fourth-order valence-corrected chi connectivity index (χ4v) is 1.94. The van der Waals surface area contributed by atoms with Gasteiger partial charge in [0.05, 0.1) is 0 Å². The molecule has 2 rings (SSSR count). The molecule has 1 aromatic carbocycles. The minimum atomic E-state index is -0.132. The standard InChI is InChI=1S/C15H20ClN5/c1-9-5-6-10(7-11(9)16)20-13-12(17)14(19-8-18-13)21-15(2,3)4/h5-8H,17H2,1-4H3,(H2,18,19,20,21). The summed E-state index contributed by atoms with van der Waals surface area (Å²) in [5.74, 6) is 1.16. The number of anilines is 4. The van der Waals surface area contributed by atoms with Gasteiger partial charge in [0.15, 0.2) is 11.6 Å². The first kappa shape index (κ1) is 15.4. The summed E-state index contributed by atoms with van der Waals surface area (Å²) < 4.78 is 0. The average Bonchev–Trinajstić information content (AvgIpc) is 2.37. The van der Waals surface area contributed by atoms with Gasteiger partial charge in [0.1, 0.15) is 12.0 Å². The van der Waals surface area contributed by atoms with Gasteiger partial charge in [-0.3, -0.25) is 0 Å². The van der Waals surface area contributed by atoms with Crippen molar-refractivity contribution in [3.63, 3.8) is 0 Å². The molecule has 0 saturated heterocycles. The lowest BCUT2D eigenvalue weighted by molar-refractivity contribution is 0.630. The third kappa shape index (κ3) is 3.98. The van der Waals surface area contributed by atoms with E-state index in [1.54, 1.807) is 0 Å². The molecular weight excluding hydrogens is 286 g/mol. The Labute approximate surface area is 129 Å². The number of aryl methyl sites for hydroxylation is 1. The van der Waals surface area contributed by atoms with Crippen molar-refractivity contribution in [1.82, 2.24) is 9.97 Å². The molecule has 0 radical (unpaired) electrons. The van der Waals surface area contributed by atoms with E-state index in [2.05, 4.69) is 20.6 Å². The van der Waals surface area contributed by atoms with E-state index in [1.807, 2.05) is 45.9 Å². The first-order valence-corrected chi connectivity index (χ1v) is 7.06. The van der Waals surface area contributed by atoms with E-state index in [1.165, 1.54) is 6.33 Å². The molecule has 1 aromatic heterocycles. The highest BCUT2D eigenvalue weighted by Crippen LogP contribution is 2.29. The Kier molecular flexibility index (Phi) is 4.23. The lowest BCUT2D eigenvalue weighted by atomic mass is 10.1. The molecule has 2 aromatic rings. The maximum Gasteiger partial charge on any atom is 0.159 e. The van der Waals surface area contributed by atoms with Gasteiger partial charge in [0, 0.05) is 16.2 Å². The molecule has 4 N–H and O–H groups in total. The van der Waals surface area contributed by atoms with Crippen LogP contribution in [0.3, 0.4) is 0 Å². The lowest BCUT2D eigenvalue weighted by Crippen LogP contribution is -2.27. The van der Waals surface area contributed by atoms with Crippen LogP contribution in [-0.4, -0.2) is 15.5 Å². The normalized spacial score (nSPS) is 11.3. The van der Waals surface area contributed by atoms with Gasteiger partial charge in [-0.15, -0.1) is 0 Å². The Morgan fingerprint density at radius 3 is 2.43 bits per heavy atom. The number of benzene rings is 1. The Hall–Kier alpha value is -2.01. The summed E-state index contributed by atoms with van der Waals surface area (Å²) >= 11 is 6.12. The second-order valence-electron chi connectivity index (χ2n) is 5.95. The molecule has 0 aliphatic rings. The highest BCUT2D eigenvalue weighted by Gasteiger charge is 2.15. The van der Waals surface area contributed by atoms with Gasteiger partial charge in [0.2, 0.25) is 0 Å². The van der Waals surface area contributed by atoms with E-state index in [9.17, 15) is 0 Å². The fraction of sp³-hybridized carbons (Fsp3) is 0.333. The maximum atomic E-state index is 6.12. The Morgan fingerprint density at radius 1 is 1.14 bits per heavy atom. The molecule has 5 nitrogen and oxygen atoms in total. The quantitative estimate of drug-likeness (QED) is 0.800. The van der Waals surface area contributed by atoms with E-state index in [0.29, 0.717) is 22.3 Å². The molecule has 0 unspecified atom stereocenters. The Bertz CT molecular complexity index is 649. The number of nitrogens with two attached hydrogens (primary N) is 1. The fourth-order valence-electron chi connectivity index (χ4n) is 1.76. The maximum absolute atomic E-state index is 6.12. The van der Waals surface area contributed by atoms with E-state index >= 15 is 0 Å².